The van der Waals surface area contributed by atoms with Gasteiger partial charge in [-0.1, -0.05) is 25.3 Å². The Labute approximate surface area is 138 Å². The van der Waals surface area contributed by atoms with Crippen LogP contribution < -0.4 is 9.47 Å². The van der Waals surface area contributed by atoms with Crippen molar-refractivity contribution < 1.29 is 14.3 Å². The number of hydrogen-bond acceptors (Lipinski definition) is 3. The van der Waals surface area contributed by atoms with E-state index in [-0.39, 0.29) is 5.92 Å². The topological polar surface area (TPSA) is 38.8 Å². The average molecular weight is 317 g/mol. The fraction of sp³-hybridized carbons (Fsp3) is 0.632. The zero-order chi connectivity index (χ0) is 16.2. The molecule has 1 aliphatic heterocycles. The fourth-order valence-corrected chi connectivity index (χ4v) is 4.08. The van der Waals surface area contributed by atoms with Gasteiger partial charge in [0.25, 0.3) is 0 Å². The summed E-state index contributed by atoms with van der Waals surface area (Å²) in [6.45, 7) is 0.908. The third kappa shape index (κ3) is 3.31. The van der Waals surface area contributed by atoms with E-state index in [2.05, 4.69) is 4.90 Å². The van der Waals surface area contributed by atoms with Crippen molar-refractivity contribution in [3.8, 4) is 11.5 Å². The minimum atomic E-state index is 0.0575. The molecule has 126 valence electrons. The van der Waals surface area contributed by atoms with Crippen LogP contribution in [0.1, 0.15) is 44.1 Å². The van der Waals surface area contributed by atoms with E-state index in [4.69, 9.17) is 9.47 Å². The first-order chi connectivity index (χ1) is 11.2. The zero-order valence-electron chi connectivity index (χ0n) is 14.2. The van der Waals surface area contributed by atoms with Crippen molar-refractivity contribution in [3.63, 3.8) is 0 Å². The molecule has 1 aromatic carbocycles. The molecule has 0 spiro atoms. The van der Waals surface area contributed by atoms with Crippen LogP contribution in [0.25, 0.3) is 0 Å². The van der Waals surface area contributed by atoms with E-state index < -0.39 is 0 Å². The predicted octanol–water partition coefficient (Wildman–Crippen LogP) is 3.43. The Morgan fingerprint density at radius 3 is 2.30 bits per heavy atom. The van der Waals surface area contributed by atoms with E-state index in [1.165, 1.54) is 32.1 Å². The minimum absolute atomic E-state index is 0.0575. The molecule has 4 heteroatoms. The Balaban J connectivity index is 1.73. The summed E-state index contributed by atoms with van der Waals surface area (Å²) in [5.41, 5.74) is 1.02. The Kier molecular flexibility index (Phi) is 5.09. The van der Waals surface area contributed by atoms with E-state index in [0.29, 0.717) is 18.4 Å². The smallest absolute Gasteiger partial charge is 0.226 e. The lowest BCUT2D eigenvalue weighted by atomic mass is 9.93. The van der Waals surface area contributed by atoms with Gasteiger partial charge in [-0.3, -0.25) is 4.79 Å². The van der Waals surface area contributed by atoms with E-state index in [1.807, 2.05) is 18.2 Å². The van der Waals surface area contributed by atoms with Gasteiger partial charge < -0.3 is 14.4 Å². The van der Waals surface area contributed by atoms with E-state index >= 15 is 0 Å². The van der Waals surface area contributed by atoms with Crippen LogP contribution in [-0.2, 0) is 11.2 Å². The number of rotatable bonds is 5. The number of likely N-dealkylation sites (tertiary alicyclic amines) is 1. The van der Waals surface area contributed by atoms with Gasteiger partial charge in [0.15, 0.2) is 0 Å². The minimum Gasteiger partial charge on any atom is -0.496 e. The van der Waals surface area contributed by atoms with Crippen LogP contribution in [0.5, 0.6) is 11.5 Å². The second-order valence-corrected chi connectivity index (χ2v) is 6.65. The van der Waals surface area contributed by atoms with E-state index in [1.54, 1.807) is 14.2 Å². The molecule has 3 rings (SSSR count). The first-order valence-electron chi connectivity index (χ1n) is 8.75. The lowest BCUT2D eigenvalue weighted by molar-refractivity contribution is -0.133. The molecular formula is C19H27NO3. The molecule has 2 aliphatic rings. The van der Waals surface area contributed by atoms with Crippen molar-refractivity contribution in [1.29, 1.82) is 0 Å². The van der Waals surface area contributed by atoms with E-state index in [0.717, 1.165) is 30.0 Å². The highest BCUT2D eigenvalue weighted by Crippen LogP contribution is 2.35. The third-order valence-electron chi connectivity index (χ3n) is 5.35. The number of amides is 1. The summed E-state index contributed by atoms with van der Waals surface area (Å²) in [6, 6.07) is 6.28. The van der Waals surface area contributed by atoms with Crippen molar-refractivity contribution in [2.45, 2.75) is 51.0 Å². The number of methoxy groups -OCH3 is 2. The Morgan fingerprint density at radius 1 is 1.04 bits per heavy atom. The molecule has 0 bridgehead atoms. The van der Waals surface area contributed by atoms with Crippen LogP contribution in [0.3, 0.4) is 0 Å². The van der Waals surface area contributed by atoms with Crippen LogP contribution in [-0.4, -0.2) is 37.6 Å². The van der Waals surface area contributed by atoms with Gasteiger partial charge in [-0.25, -0.2) is 0 Å². The summed E-state index contributed by atoms with van der Waals surface area (Å²) in [5.74, 6) is 2.01. The molecule has 4 nitrogen and oxygen atoms in total. The Morgan fingerprint density at radius 2 is 1.70 bits per heavy atom. The normalized spacial score (nSPS) is 22.4. The number of hydrogen-bond donors (Lipinski definition) is 0. The van der Waals surface area contributed by atoms with Gasteiger partial charge in [0.1, 0.15) is 11.5 Å². The van der Waals surface area contributed by atoms with Crippen molar-refractivity contribution in [2.24, 2.45) is 5.92 Å². The third-order valence-corrected chi connectivity index (χ3v) is 5.35. The van der Waals surface area contributed by atoms with Gasteiger partial charge >= 0.3 is 0 Å². The number of benzene rings is 1. The summed E-state index contributed by atoms with van der Waals surface area (Å²) in [7, 11) is 3.34. The maximum Gasteiger partial charge on any atom is 0.226 e. The standard InChI is InChI=1S/C19H27NO3/c1-22-17-9-6-10-18(23-2)16(17)13-14-11-12-20(19(14)21)15-7-4-3-5-8-15/h6,9-10,14-15H,3-5,7-8,11-13H2,1-2H3. The van der Waals surface area contributed by atoms with Crippen LogP contribution in [0.4, 0.5) is 0 Å². The molecule has 1 unspecified atom stereocenters. The van der Waals surface area contributed by atoms with Gasteiger partial charge in [0.05, 0.1) is 14.2 Å². The van der Waals surface area contributed by atoms with E-state index in [9.17, 15) is 4.79 Å². The lowest BCUT2D eigenvalue weighted by Gasteiger charge is -2.31. The lowest BCUT2D eigenvalue weighted by Crippen LogP contribution is -2.39. The molecule has 1 aliphatic carbocycles. The zero-order valence-corrected chi connectivity index (χ0v) is 14.2. The highest BCUT2D eigenvalue weighted by molar-refractivity contribution is 5.81. The highest BCUT2D eigenvalue weighted by atomic mass is 16.5. The van der Waals surface area contributed by atoms with Gasteiger partial charge in [-0.05, 0) is 37.8 Å². The van der Waals surface area contributed by atoms with Crippen LogP contribution >= 0.6 is 0 Å². The summed E-state index contributed by atoms with van der Waals surface area (Å²) in [6.07, 6.45) is 7.85. The molecular weight excluding hydrogens is 290 g/mol. The Hall–Kier alpha value is -1.71. The number of carbonyl (C=O) groups excluding carboxylic acids is 1. The summed E-state index contributed by atoms with van der Waals surface area (Å²) < 4.78 is 10.9. The second-order valence-electron chi connectivity index (χ2n) is 6.65. The molecule has 0 aromatic heterocycles. The van der Waals surface area contributed by atoms with Crippen molar-refractivity contribution in [2.75, 3.05) is 20.8 Å². The summed E-state index contributed by atoms with van der Waals surface area (Å²) >= 11 is 0. The first-order valence-corrected chi connectivity index (χ1v) is 8.75. The van der Waals surface area contributed by atoms with Gasteiger partial charge in [0.2, 0.25) is 5.91 Å². The monoisotopic (exact) mass is 317 g/mol. The molecule has 0 radical (unpaired) electrons. The Bertz CT molecular complexity index is 529. The second kappa shape index (κ2) is 7.24. The maximum absolute atomic E-state index is 12.9. The average Bonchev–Trinajstić information content (AvgIpc) is 2.96. The highest BCUT2D eigenvalue weighted by Gasteiger charge is 2.36. The predicted molar refractivity (Wildman–Crippen MR) is 89.9 cm³/mol. The molecule has 1 saturated heterocycles. The molecule has 0 N–H and O–H groups in total. The van der Waals surface area contributed by atoms with Gasteiger partial charge in [0, 0.05) is 24.1 Å². The van der Waals surface area contributed by atoms with Gasteiger partial charge in [-0.2, -0.15) is 0 Å². The molecule has 1 heterocycles. The molecule has 1 aromatic rings. The quantitative estimate of drug-likeness (QED) is 0.835. The van der Waals surface area contributed by atoms with Gasteiger partial charge in [-0.15, -0.1) is 0 Å². The van der Waals surface area contributed by atoms with Crippen LogP contribution in [0.2, 0.25) is 0 Å². The largest absolute Gasteiger partial charge is 0.496 e. The number of ether oxygens (including phenoxy) is 2. The van der Waals surface area contributed by atoms with Crippen molar-refractivity contribution in [1.82, 2.24) is 4.90 Å². The molecule has 1 amide bonds. The van der Waals surface area contributed by atoms with Crippen molar-refractivity contribution >= 4 is 5.91 Å². The van der Waals surface area contributed by atoms with Crippen LogP contribution in [0, 0.1) is 5.92 Å². The molecule has 2 fully saturated rings. The number of carbonyl (C=O) groups is 1. The maximum atomic E-state index is 12.9. The fourth-order valence-electron chi connectivity index (χ4n) is 4.08. The van der Waals surface area contributed by atoms with Crippen LogP contribution in [0.15, 0.2) is 18.2 Å². The summed E-state index contributed by atoms with van der Waals surface area (Å²) in [5, 5.41) is 0. The molecule has 1 saturated carbocycles. The SMILES string of the molecule is COc1cccc(OC)c1CC1CCN(C2CCCCC2)C1=O. The first kappa shape index (κ1) is 16.2. The molecule has 23 heavy (non-hydrogen) atoms. The molecule has 1 atom stereocenters. The van der Waals surface area contributed by atoms with Crippen molar-refractivity contribution in [3.05, 3.63) is 23.8 Å². The summed E-state index contributed by atoms with van der Waals surface area (Å²) in [4.78, 5) is 15.0. The number of nitrogens with zero attached hydrogens (tertiary/aromatic N) is 1.